The van der Waals surface area contributed by atoms with Gasteiger partial charge in [0.1, 0.15) is 17.0 Å². The Labute approximate surface area is 241 Å². The molecule has 1 aliphatic carbocycles. The van der Waals surface area contributed by atoms with Crippen LogP contribution in [0.15, 0.2) is 48.5 Å². The van der Waals surface area contributed by atoms with E-state index >= 15 is 0 Å². The van der Waals surface area contributed by atoms with Crippen LogP contribution in [0.4, 0.5) is 10.1 Å². The SMILES string of the molecule is Cc1c(NC(=O)COc2ccc(Cl)cc2C(=O)c2cc(C#N)cc(C3CC3)c2)ccc(C#CC(C)(C)C(=O)O)c1F. The Kier molecular flexibility index (Phi) is 8.47. The van der Waals surface area contributed by atoms with Crippen LogP contribution in [0.1, 0.15) is 70.8 Å². The van der Waals surface area contributed by atoms with Crippen LogP contribution in [-0.2, 0) is 9.59 Å². The zero-order valence-electron chi connectivity index (χ0n) is 22.6. The van der Waals surface area contributed by atoms with E-state index in [1.807, 2.05) is 0 Å². The molecule has 1 amide bonds. The molecule has 0 spiro atoms. The maximum absolute atomic E-state index is 14.9. The molecule has 3 aromatic rings. The summed E-state index contributed by atoms with van der Waals surface area (Å²) in [6.07, 6.45) is 2.01. The van der Waals surface area contributed by atoms with E-state index in [4.69, 9.17) is 16.3 Å². The number of aliphatic carboxylic acids is 1. The van der Waals surface area contributed by atoms with Crippen LogP contribution in [0.2, 0.25) is 5.02 Å². The largest absolute Gasteiger partial charge is 0.483 e. The molecular weight excluding hydrogens is 547 g/mol. The summed E-state index contributed by atoms with van der Waals surface area (Å²) in [6.45, 7) is 3.80. The van der Waals surface area contributed by atoms with Crippen molar-refractivity contribution >= 4 is 34.9 Å². The molecule has 0 bridgehead atoms. The molecule has 1 saturated carbocycles. The highest BCUT2D eigenvalue weighted by Gasteiger charge is 2.26. The standard InChI is InChI=1S/C32H26ClFN2O5/c1-18-26(8-6-21(29(18)34)10-11-32(2,3)31(39)40)36-28(37)17-41-27-9-7-24(33)15-25(27)30(38)23-13-19(16-35)12-22(14-23)20-4-5-20/h6-9,12-15,20H,4-5,17H2,1-3H3,(H,36,37)(H,39,40). The van der Waals surface area contributed by atoms with Crippen molar-refractivity contribution in [1.82, 2.24) is 0 Å². The third kappa shape index (κ3) is 6.92. The monoisotopic (exact) mass is 572 g/mol. The summed E-state index contributed by atoms with van der Waals surface area (Å²) < 4.78 is 20.6. The van der Waals surface area contributed by atoms with Crippen LogP contribution in [0.3, 0.4) is 0 Å². The van der Waals surface area contributed by atoms with Gasteiger partial charge in [0.15, 0.2) is 12.4 Å². The summed E-state index contributed by atoms with van der Waals surface area (Å²) in [4.78, 5) is 37.4. The summed E-state index contributed by atoms with van der Waals surface area (Å²) in [5, 5.41) is 21.5. The van der Waals surface area contributed by atoms with E-state index in [1.54, 1.807) is 12.1 Å². The minimum atomic E-state index is -1.36. The second-order valence-corrected chi connectivity index (χ2v) is 10.8. The molecule has 2 N–H and O–H groups in total. The van der Waals surface area contributed by atoms with E-state index in [9.17, 15) is 29.1 Å². The maximum Gasteiger partial charge on any atom is 0.321 e. The van der Waals surface area contributed by atoms with Crippen molar-refractivity contribution in [2.75, 3.05) is 11.9 Å². The van der Waals surface area contributed by atoms with Gasteiger partial charge in [-0.2, -0.15) is 5.26 Å². The lowest BCUT2D eigenvalue weighted by molar-refractivity contribution is -0.143. The Bertz CT molecular complexity index is 1680. The Hall–Kier alpha value is -4.66. The van der Waals surface area contributed by atoms with E-state index in [0.29, 0.717) is 22.1 Å². The van der Waals surface area contributed by atoms with Gasteiger partial charge in [-0.3, -0.25) is 14.4 Å². The number of hydrogen-bond acceptors (Lipinski definition) is 5. The molecule has 7 nitrogen and oxygen atoms in total. The van der Waals surface area contributed by atoms with Crippen LogP contribution >= 0.6 is 11.6 Å². The first-order valence-corrected chi connectivity index (χ1v) is 13.1. The quantitative estimate of drug-likeness (QED) is 0.243. The van der Waals surface area contributed by atoms with Gasteiger partial charge >= 0.3 is 5.97 Å². The van der Waals surface area contributed by atoms with E-state index < -0.39 is 35.5 Å². The average molecular weight is 573 g/mol. The van der Waals surface area contributed by atoms with Crippen LogP contribution < -0.4 is 10.1 Å². The maximum atomic E-state index is 14.9. The van der Waals surface area contributed by atoms with E-state index in [0.717, 1.165) is 18.4 Å². The molecule has 1 fully saturated rings. The Balaban J connectivity index is 1.50. The Morgan fingerprint density at radius 3 is 2.54 bits per heavy atom. The summed E-state index contributed by atoms with van der Waals surface area (Å²) in [5.41, 5.74) is 0.718. The first-order chi connectivity index (χ1) is 19.4. The van der Waals surface area contributed by atoms with Gasteiger partial charge in [-0.05, 0) is 93.6 Å². The van der Waals surface area contributed by atoms with Crippen molar-refractivity contribution in [3.05, 3.63) is 92.8 Å². The second kappa shape index (κ2) is 11.8. The Morgan fingerprint density at radius 2 is 1.88 bits per heavy atom. The van der Waals surface area contributed by atoms with Crippen LogP contribution in [-0.4, -0.2) is 29.4 Å². The van der Waals surface area contributed by atoms with E-state index in [1.165, 1.54) is 57.2 Å². The van der Waals surface area contributed by atoms with Gasteiger partial charge in [-0.15, -0.1) is 0 Å². The molecule has 0 aromatic heterocycles. The van der Waals surface area contributed by atoms with Crippen molar-refractivity contribution < 1.29 is 28.6 Å². The minimum absolute atomic E-state index is 0.000651. The van der Waals surface area contributed by atoms with Crippen LogP contribution in [0.5, 0.6) is 5.75 Å². The second-order valence-electron chi connectivity index (χ2n) is 10.3. The zero-order chi connectivity index (χ0) is 29.9. The number of carbonyl (C=O) groups is 3. The van der Waals surface area contributed by atoms with Gasteiger partial charge in [0.2, 0.25) is 0 Å². The minimum Gasteiger partial charge on any atom is -0.483 e. The molecule has 0 radical (unpaired) electrons. The number of hydrogen-bond donors (Lipinski definition) is 2. The van der Waals surface area contributed by atoms with Gasteiger partial charge in [-0.25, -0.2) is 4.39 Å². The summed E-state index contributed by atoms with van der Waals surface area (Å²) in [6, 6.07) is 14.4. The number of ether oxygens (including phenoxy) is 1. The fourth-order valence-corrected chi connectivity index (χ4v) is 4.16. The molecule has 0 unspecified atom stereocenters. The first-order valence-electron chi connectivity index (χ1n) is 12.8. The third-order valence-electron chi connectivity index (χ3n) is 6.65. The molecule has 0 atom stereocenters. The lowest BCUT2D eigenvalue weighted by atomic mass is 9.94. The van der Waals surface area contributed by atoms with Gasteiger partial charge in [0, 0.05) is 21.8 Å². The summed E-state index contributed by atoms with van der Waals surface area (Å²) in [5.74, 6) is 2.73. The summed E-state index contributed by atoms with van der Waals surface area (Å²) in [7, 11) is 0. The molecule has 208 valence electrons. The number of nitrogens with zero attached hydrogens (tertiary/aromatic N) is 1. The number of carbonyl (C=O) groups excluding carboxylic acids is 2. The number of anilines is 1. The van der Waals surface area contributed by atoms with E-state index in [-0.39, 0.29) is 28.1 Å². The van der Waals surface area contributed by atoms with Crippen molar-refractivity contribution in [2.24, 2.45) is 5.41 Å². The molecule has 0 aliphatic heterocycles. The predicted octanol–water partition coefficient (Wildman–Crippen LogP) is 6.25. The smallest absolute Gasteiger partial charge is 0.321 e. The first kappa shape index (κ1) is 29.3. The molecular formula is C32H26ClFN2O5. The summed E-state index contributed by atoms with van der Waals surface area (Å²) >= 11 is 6.16. The van der Waals surface area contributed by atoms with Gasteiger partial charge in [0.25, 0.3) is 5.91 Å². The number of halogens is 2. The number of carboxylic acids is 1. The molecule has 3 aromatic carbocycles. The number of benzene rings is 3. The molecule has 41 heavy (non-hydrogen) atoms. The van der Waals surface area contributed by atoms with Gasteiger partial charge < -0.3 is 15.2 Å². The fourth-order valence-electron chi connectivity index (χ4n) is 3.98. The van der Waals surface area contributed by atoms with Gasteiger partial charge in [-0.1, -0.05) is 23.4 Å². The fraction of sp³-hybridized carbons (Fsp3) is 0.250. The topological polar surface area (TPSA) is 116 Å². The highest BCUT2D eigenvalue weighted by molar-refractivity contribution is 6.31. The highest BCUT2D eigenvalue weighted by Crippen LogP contribution is 2.41. The molecule has 9 heteroatoms. The van der Waals surface area contributed by atoms with Crippen molar-refractivity contribution in [3.63, 3.8) is 0 Å². The average Bonchev–Trinajstić information content (AvgIpc) is 3.79. The predicted molar refractivity (Wildman–Crippen MR) is 152 cm³/mol. The van der Waals surface area contributed by atoms with E-state index in [2.05, 4.69) is 23.2 Å². The molecule has 0 heterocycles. The van der Waals surface area contributed by atoms with Crippen LogP contribution in [0, 0.1) is 41.3 Å². The number of nitrogens with one attached hydrogen (secondary N) is 1. The number of rotatable bonds is 8. The normalized spacial score (nSPS) is 12.5. The Morgan fingerprint density at radius 1 is 1.15 bits per heavy atom. The highest BCUT2D eigenvalue weighted by atomic mass is 35.5. The van der Waals surface area contributed by atoms with Crippen molar-refractivity contribution in [3.8, 4) is 23.7 Å². The molecule has 0 saturated heterocycles. The third-order valence-corrected chi connectivity index (χ3v) is 6.88. The number of carboxylic acid groups (broad SMARTS) is 1. The van der Waals surface area contributed by atoms with Crippen molar-refractivity contribution in [2.45, 2.75) is 39.5 Å². The molecule has 1 aliphatic rings. The lowest BCUT2D eigenvalue weighted by Gasteiger charge is -2.14. The van der Waals surface area contributed by atoms with Crippen LogP contribution in [0.25, 0.3) is 0 Å². The van der Waals surface area contributed by atoms with Gasteiger partial charge in [0.05, 0.1) is 22.8 Å². The number of amides is 1. The number of nitriles is 1. The zero-order valence-corrected chi connectivity index (χ0v) is 23.4. The van der Waals surface area contributed by atoms with Crippen molar-refractivity contribution in [1.29, 1.82) is 5.26 Å². The number of ketones is 1. The lowest BCUT2D eigenvalue weighted by Crippen LogP contribution is -2.22. The molecule has 4 rings (SSSR count).